The standard InChI is InChI=1S/C16H27NO/c1-15(2,3)11-14(16(4,5)6)12-7-9-13(17-18)10-8-12/h7,9-10,12,14H,8,11H2,1-6H3. The second-order valence-electron chi connectivity index (χ2n) is 7.72. The van der Waals surface area contributed by atoms with E-state index < -0.39 is 0 Å². The molecule has 0 radical (unpaired) electrons. The summed E-state index contributed by atoms with van der Waals surface area (Å²) in [6.45, 7) is 13.8. The second kappa shape index (κ2) is 5.38. The molecule has 0 N–H and O–H groups in total. The van der Waals surface area contributed by atoms with E-state index in [1.165, 1.54) is 6.42 Å². The summed E-state index contributed by atoms with van der Waals surface area (Å²) in [6, 6.07) is 0. The van der Waals surface area contributed by atoms with Gasteiger partial charge < -0.3 is 0 Å². The maximum atomic E-state index is 10.5. The van der Waals surface area contributed by atoms with Gasteiger partial charge in [-0.1, -0.05) is 53.7 Å². The first-order chi connectivity index (χ1) is 8.13. The van der Waals surface area contributed by atoms with Crippen molar-refractivity contribution in [3.63, 3.8) is 0 Å². The third kappa shape index (κ3) is 4.40. The average molecular weight is 249 g/mol. The molecule has 2 unspecified atom stereocenters. The molecule has 0 bridgehead atoms. The van der Waals surface area contributed by atoms with E-state index in [0.29, 0.717) is 22.9 Å². The van der Waals surface area contributed by atoms with Gasteiger partial charge in [0, 0.05) is 0 Å². The highest BCUT2D eigenvalue weighted by Gasteiger charge is 2.34. The summed E-state index contributed by atoms with van der Waals surface area (Å²) in [5.74, 6) is 1.15. The Kier molecular flexibility index (Phi) is 4.52. The molecule has 2 nitrogen and oxygen atoms in total. The summed E-state index contributed by atoms with van der Waals surface area (Å²) in [4.78, 5) is 10.5. The number of nitroso groups, excluding NO2 is 1. The van der Waals surface area contributed by atoms with Crippen molar-refractivity contribution < 1.29 is 0 Å². The van der Waals surface area contributed by atoms with Gasteiger partial charge in [0.25, 0.3) is 0 Å². The molecule has 0 aromatic rings. The molecule has 2 atom stereocenters. The zero-order valence-corrected chi connectivity index (χ0v) is 12.7. The average Bonchev–Trinajstić information content (AvgIpc) is 2.24. The van der Waals surface area contributed by atoms with E-state index >= 15 is 0 Å². The Morgan fingerprint density at radius 1 is 1.28 bits per heavy atom. The molecule has 1 aliphatic carbocycles. The number of hydrogen-bond donors (Lipinski definition) is 0. The van der Waals surface area contributed by atoms with Crippen molar-refractivity contribution in [3.8, 4) is 0 Å². The first-order valence-corrected chi connectivity index (χ1v) is 6.85. The summed E-state index contributed by atoms with van der Waals surface area (Å²) in [6.07, 6.45) is 8.17. The van der Waals surface area contributed by atoms with Gasteiger partial charge in [0.05, 0.1) is 0 Å². The van der Waals surface area contributed by atoms with Crippen LogP contribution in [-0.4, -0.2) is 0 Å². The molecule has 0 aromatic heterocycles. The Morgan fingerprint density at radius 3 is 2.22 bits per heavy atom. The zero-order valence-electron chi connectivity index (χ0n) is 12.7. The summed E-state index contributed by atoms with van der Waals surface area (Å²) in [5, 5.41) is 3.00. The van der Waals surface area contributed by atoms with Gasteiger partial charge in [0.2, 0.25) is 0 Å². The molecule has 1 rings (SSSR count). The van der Waals surface area contributed by atoms with Gasteiger partial charge in [-0.2, -0.15) is 0 Å². The van der Waals surface area contributed by atoms with Gasteiger partial charge in [-0.15, -0.1) is 4.91 Å². The van der Waals surface area contributed by atoms with Crippen molar-refractivity contribution in [2.24, 2.45) is 27.8 Å². The van der Waals surface area contributed by atoms with E-state index in [0.717, 1.165) is 6.42 Å². The van der Waals surface area contributed by atoms with Crippen LogP contribution < -0.4 is 0 Å². The van der Waals surface area contributed by atoms with E-state index in [1.54, 1.807) is 0 Å². The van der Waals surface area contributed by atoms with Gasteiger partial charge in [-0.25, -0.2) is 0 Å². The van der Waals surface area contributed by atoms with Crippen molar-refractivity contribution in [1.29, 1.82) is 0 Å². The van der Waals surface area contributed by atoms with Gasteiger partial charge in [0.15, 0.2) is 0 Å². The van der Waals surface area contributed by atoms with Crippen molar-refractivity contribution >= 4 is 0 Å². The Morgan fingerprint density at radius 2 is 1.89 bits per heavy atom. The fraction of sp³-hybridized carbons (Fsp3) is 0.750. The second-order valence-corrected chi connectivity index (χ2v) is 7.72. The van der Waals surface area contributed by atoms with Crippen LogP contribution in [0.5, 0.6) is 0 Å². The van der Waals surface area contributed by atoms with Crippen molar-refractivity contribution in [2.75, 3.05) is 0 Å². The van der Waals surface area contributed by atoms with Gasteiger partial charge in [-0.05, 0) is 46.8 Å². The fourth-order valence-corrected chi connectivity index (χ4v) is 2.75. The minimum absolute atomic E-state index is 0.280. The van der Waals surface area contributed by atoms with Crippen molar-refractivity contribution in [1.82, 2.24) is 0 Å². The van der Waals surface area contributed by atoms with Gasteiger partial charge in [0.1, 0.15) is 5.70 Å². The van der Waals surface area contributed by atoms with E-state index in [2.05, 4.69) is 52.8 Å². The molecule has 2 heteroatoms. The molecule has 102 valence electrons. The van der Waals surface area contributed by atoms with Gasteiger partial charge in [-0.3, -0.25) is 0 Å². The fourth-order valence-electron chi connectivity index (χ4n) is 2.75. The van der Waals surface area contributed by atoms with Gasteiger partial charge >= 0.3 is 0 Å². The van der Waals surface area contributed by atoms with E-state index in [9.17, 15) is 4.91 Å². The van der Waals surface area contributed by atoms with Crippen LogP contribution in [0.4, 0.5) is 0 Å². The third-order valence-electron chi connectivity index (χ3n) is 3.68. The Balaban J connectivity index is 2.84. The summed E-state index contributed by atoms with van der Waals surface area (Å²) in [5.41, 5.74) is 1.19. The third-order valence-corrected chi connectivity index (χ3v) is 3.68. The molecule has 0 amide bonds. The van der Waals surface area contributed by atoms with Crippen LogP contribution in [-0.2, 0) is 0 Å². The SMILES string of the molecule is CC(C)(C)CC(C1C=CC(N=O)=CC1)C(C)(C)C. The van der Waals surface area contributed by atoms with Crippen LogP contribution in [0.3, 0.4) is 0 Å². The van der Waals surface area contributed by atoms with Crippen LogP contribution in [0, 0.1) is 27.6 Å². The minimum atomic E-state index is 0.280. The number of rotatable bonds is 3. The monoisotopic (exact) mass is 249 g/mol. The van der Waals surface area contributed by atoms with Crippen LogP contribution in [0.2, 0.25) is 0 Å². The molecular weight excluding hydrogens is 222 g/mol. The van der Waals surface area contributed by atoms with E-state index in [-0.39, 0.29) is 5.41 Å². The molecule has 0 fully saturated rings. The highest BCUT2D eigenvalue weighted by atomic mass is 16.3. The lowest BCUT2D eigenvalue weighted by atomic mass is 9.65. The maximum absolute atomic E-state index is 10.5. The Labute approximate surface area is 112 Å². The molecule has 0 aliphatic heterocycles. The molecule has 0 spiro atoms. The minimum Gasteiger partial charge on any atom is -0.145 e. The summed E-state index contributed by atoms with van der Waals surface area (Å²) in [7, 11) is 0. The number of nitrogens with zero attached hydrogens (tertiary/aromatic N) is 1. The van der Waals surface area contributed by atoms with Crippen LogP contribution in [0.25, 0.3) is 0 Å². The lowest BCUT2D eigenvalue weighted by Gasteiger charge is -2.40. The Bertz CT molecular complexity index is 352. The lowest BCUT2D eigenvalue weighted by Crippen LogP contribution is -2.31. The smallest absolute Gasteiger partial charge is 0.103 e. The normalized spacial score (nSPS) is 22.6. The van der Waals surface area contributed by atoms with E-state index in [4.69, 9.17) is 0 Å². The van der Waals surface area contributed by atoms with Crippen molar-refractivity contribution in [3.05, 3.63) is 28.8 Å². The Hall–Kier alpha value is -0.920. The first-order valence-electron chi connectivity index (χ1n) is 6.85. The highest BCUT2D eigenvalue weighted by Crippen LogP contribution is 2.43. The predicted octanol–water partition coefficient (Wildman–Crippen LogP) is 5.31. The van der Waals surface area contributed by atoms with Crippen LogP contribution in [0.15, 0.2) is 29.1 Å². The highest BCUT2D eigenvalue weighted by molar-refractivity contribution is 5.23. The topological polar surface area (TPSA) is 29.4 Å². The molecule has 0 saturated heterocycles. The first kappa shape index (κ1) is 15.1. The molecule has 0 saturated carbocycles. The molecular formula is C16H27NO. The molecule has 0 aromatic carbocycles. The zero-order chi connectivity index (χ0) is 14.0. The predicted molar refractivity (Wildman–Crippen MR) is 78.1 cm³/mol. The van der Waals surface area contributed by atoms with Crippen molar-refractivity contribution in [2.45, 2.75) is 54.4 Å². The molecule has 0 heterocycles. The molecule has 1 aliphatic rings. The van der Waals surface area contributed by atoms with E-state index in [1.807, 2.05) is 12.2 Å². The van der Waals surface area contributed by atoms with Crippen LogP contribution in [0.1, 0.15) is 54.4 Å². The summed E-state index contributed by atoms with van der Waals surface area (Å²) >= 11 is 0. The lowest BCUT2D eigenvalue weighted by molar-refractivity contribution is 0.123. The van der Waals surface area contributed by atoms with Crippen LogP contribution >= 0.6 is 0 Å². The molecule has 18 heavy (non-hydrogen) atoms. The largest absolute Gasteiger partial charge is 0.145 e. The number of hydrogen-bond acceptors (Lipinski definition) is 2. The maximum Gasteiger partial charge on any atom is 0.103 e. The number of allylic oxidation sites excluding steroid dienone is 3. The summed E-state index contributed by atoms with van der Waals surface area (Å²) < 4.78 is 0. The quantitative estimate of drug-likeness (QED) is 0.623.